The first-order chi connectivity index (χ1) is 12.1. The lowest BCUT2D eigenvalue weighted by atomic mass is 9.74. The lowest BCUT2D eigenvalue weighted by Gasteiger charge is -2.53. The zero-order chi connectivity index (χ0) is 17.3. The zero-order valence-corrected chi connectivity index (χ0v) is 14.8. The third-order valence-corrected chi connectivity index (χ3v) is 5.76. The molecule has 0 bridgehead atoms. The molecule has 2 fully saturated rings. The Morgan fingerprint density at radius 3 is 2.80 bits per heavy atom. The van der Waals surface area contributed by atoms with Gasteiger partial charge >= 0.3 is 5.97 Å². The van der Waals surface area contributed by atoms with Gasteiger partial charge in [0.15, 0.2) is 5.60 Å². The van der Waals surface area contributed by atoms with Crippen LogP contribution in [0.4, 0.5) is 0 Å². The average molecular weight is 346 g/mol. The standard InChI is InChI=1S/C20H26O5/c1-15(21)22-14-13-20-17-8-4-3-7-16(17)9-10-18(20)23-19(24-25-20)11-5-2-6-12-19/h3-4,7-8,18H,2,5-6,9-14H2,1H3/t18-,20+/m1/s1. The molecule has 5 nitrogen and oxygen atoms in total. The zero-order valence-electron chi connectivity index (χ0n) is 14.8. The van der Waals surface area contributed by atoms with Crippen molar-refractivity contribution in [3.8, 4) is 0 Å². The van der Waals surface area contributed by atoms with Gasteiger partial charge in [0.05, 0.1) is 12.7 Å². The van der Waals surface area contributed by atoms with E-state index in [1.54, 1.807) is 0 Å². The molecule has 0 unspecified atom stereocenters. The Bertz CT molecular complexity index is 637. The SMILES string of the molecule is CC(=O)OCC[C@@]12OOC3(CCCCC3)O[C@@H]1CCc1ccccc12. The summed E-state index contributed by atoms with van der Waals surface area (Å²) in [5, 5.41) is 0. The quantitative estimate of drug-likeness (QED) is 0.616. The summed E-state index contributed by atoms with van der Waals surface area (Å²) in [6, 6.07) is 8.28. The number of carbonyl (C=O) groups excluding carboxylic acids is 1. The van der Waals surface area contributed by atoms with E-state index in [1.165, 1.54) is 18.9 Å². The summed E-state index contributed by atoms with van der Waals surface area (Å²) in [5.74, 6) is -0.876. The Morgan fingerprint density at radius 2 is 2.00 bits per heavy atom. The molecular formula is C20H26O5. The first-order valence-electron chi connectivity index (χ1n) is 9.40. The molecule has 0 amide bonds. The van der Waals surface area contributed by atoms with Crippen LogP contribution < -0.4 is 0 Å². The van der Waals surface area contributed by atoms with Gasteiger partial charge in [-0.3, -0.25) is 4.79 Å². The highest BCUT2D eigenvalue weighted by Crippen LogP contribution is 2.50. The summed E-state index contributed by atoms with van der Waals surface area (Å²) < 4.78 is 11.8. The molecule has 1 saturated carbocycles. The smallest absolute Gasteiger partial charge is 0.302 e. The minimum atomic E-state index is -0.701. The van der Waals surface area contributed by atoms with Crippen molar-refractivity contribution in [2.45, 2.75) is 75.8 Å². The van der Waals surface area contributed by atoms with E-state index >= 15 is 0 Å². The molecule has 136 valence electrons. The molecule has 25 heavy (non-hydrogen) atoms. The first kappa shape index (κ1) is 17.0. The summed E-state index contributed by atoms with van der Waals surface area (Å²) >= 11 is 0. The van der Waals surface area contributed by atoms with E-state index in [9.17, 15) is 4.79 Å². The molecule has 5 heteroatoms. The van der Waals surface area contributed by atoms with Gasteiger partial charge in [0.1, 0.15) is 0 Å². The molecule has 1 spiro atoms. The molecule has 0 radical (unpaired) electrons. The minimum Gasteiger partial charge on any atom is -0.466 e. The van der Waals surface area contributed by atoms with Gasteiger partial charge in [-0.15, -0.1) is 0 Å². The van der Waals surface area contributed by atoms with Crippen LogP contribution >= 0.6 is 0 Å². The van der Waals surface area contributed by atoms with Gasteiger partial charge in [-0.05, 0) is 36.8 Å². The van der Waals surface area contributed by atoms with Gasteiger partial charge in [-0.1, -0.05) is 30.7 Å². The Hall–Kier alpha value is -1.43. The third kappa shape index (κ3) is 3.09. The van der Waals surface area contributed by atoms with Crippen LogP contribution in [-0.4, -0.2) is 24.5 Å². The van der Waals surface area contributed by atoms with Gasteiger partial charge in [0.2, 0.25) is 5.79 Å². The van der Waals surface area contributed by atoms with Crippen LogP contribution in [0.5, 0.6) is 0 Å². The van der Waals surface area contributed by atoms with Crippen LogP contribution in [0.3, 0.4) is 0 Å². The van der Waals surface area contributed by atoms with E-state index in [0.29, 0.717) is 13.0 Å². The molecule has 2 atom stereocenters. The molecule has 1 heterocycles. The van der Waals surface area contributed by atoms with Crippen molar-refractivity contribution in [3.63, 3.8) is 0 Å². The van der Waals surface area contributed by atoms with E-state index in [0.717, 1.165) is 44.1 Å². The third-order valence-electron chi connectivity index (χ3n) is 5.76. The Labute approximate surface area is 148 Å². The maximum Gasteiger partial charge on any atom is 0.302 e. The van der Waals surface area contributed by atoms with Gasteiger partial charge in [0, 0.05) is 26.2 Å². The van der Waals surface area contributed by atoms with Crippen LogP contribution in [0.15, 0.2) is 24.3 Å². The Morgan fingerprint density at radius 1 is 1.20 bits per heavy atom. The van der Waals surface area contributed by atoms with Crippen molar-refractivity contribution in [1.82, 2.24) is 0 Å². The fourth-order valence-corrected chi connectivity index (χ4v) is 4.50. The molecule has 0 aromatic heterocycles. The Balaban J connectivity index is 1.63. The summed E-state index contributed by atoms with van der Waals surface area (Å²) in [7, 11) is 0. The van der Waals surface area contributed by atoms with Crippen molar-refractivity contribution >= 4 is 5.97 Å². The second-order valence-corrected chi connectivity index (χ2v) is 7.42. The highest BCUT2D eigenvalue weighted by Gasteiger charge is 2.56. The number of rotatable bonds is 3. The van der Waals surface area contributed by atoms with E-state index < -0.39 is 11.4 Å². The van der Waals surface area contributed by atoms with Crippen LogP contribution in [-0.2, 0) is 36.1 Å². The number of ether oxygens (including phenoxy) is 2. The van der Waals surface area contributed by atoms with Gasteiger partial charge in [-0.25, -0.2) is 9.78 Å². The lowest BCUT2D eigenvalue weighted by molar-refractivity contribution is -0.541. The minimum absolute atomic E-state index is 0.0789. The number of benzene rings is 1. The number of aryl methyl sites for hydroxylation is 1. The predicted octanol–water partition coefficient (Wildman–Crippen LogP) is 3.79. The second-order valence-electron chi connectivity index (χ2n) is 7.42. The number of esters is 1. The molecule has 1 aromatic carbocycles. The van der Waals surface area contributed by atoms with Crippen molar-refractivity contribution in [1.29, 1.82) is 0 Å². The van der Waals surface area contributed by atoms with Gasteiger partial charge in [-0.2, -0.15) is 0 Å². The summed E-state index contributed by atoms with van der Waals surface area (Å²) in [6.07, 6.45) is 7.50. The number of hydrogen-bond acceptors (Lipinski definition) is 5. The number of fused-ring (bicyclic) bond motifs is 3. The lowest BCUT2D eigenvalue weighted by Crippen LogP contribution is -2.59. The van der Waals surface area contributed by atoms with Gasteiger partial charge < -0.3 is 9.47 Å². The molecule has 1 aliphatic heterocycles. The maximum atomic E-state index is 11.2. The van der Waals surface area contributed by atoms with Crippen molar-refractivity contribution < 1.29 is 24.0 Å². The second kappa shape index (κ2) is 6.71. The van der Waals surface area contributed by atoms with Crippen LogP contribution in [0.25, 0.3) is 0 Å². The molecule has 2 aliphatic carbocycles. The van der Waals surface area contributed by atoms with E-state index in [1.807, 2.05) is 12.1 Å². The fraction of sp³-hybridized carbons (Fsp3) is 0.650. The van der Waals surface area contributed by atoms with E-state index in [-0.39, 0.29) is 12.1 Å². The largest absolute Gasteiger partial charge is 0.466 e. The molecular weight excluding hydrogens is 320 g/mol. The Kier molecular flexibility index (Phi) is 4.56. The molecule has 0 N–H and O–H groups in total. The van der Waals surface area contributed by atoms with Crippen LogP contribution in [0.2, 0.25) is 0 Å². The van der Waals surface area contributed by atoms with Crippen molar-refractivity contribution in [2.24, 2.45) is 0 Å². The first-order valence-corrected chi connectivity index (χ1v) is 9.40. The summed E-state index contributed by atoms with van der Waals surface area (Å²) in [5.41, 5.74) is 1.66. The monoisotopic (exact) mass is 346 g/mol. The topological polar surface area (TPSA) is 54.0 Å². The van der Waals surface area contributed by atoms with Gasteiger partial charge in [0.25, 0.3) is 0 Å². The highest BCUT2D eigenvalue weighted by atomic mass is 17.2. The average Bonchev–Trinajstić information content (AvgIpc) is 2.63. The van der Waals surface area contributed by atoms with Crippen LogP contribution in [0.1, 0.15) is 63.0 Å². The molecule has 1 aromatic rings. The van der Waals surface area contributed by atoms with Crippen LogP contribution in [0, 0.1) is 0 Å². The fourth-order valence-electron chi connectivity index (χ4n) is 4.50. The molecule has 4 rings (SSSR count). The maximum absolute atomic E-state index is 11.2. The summed E-state index contributed by atoms with van der Waals surface area (Å²) in [6.45, 7) is 1.72. The highest BCUT2D eigenvalue weighted by molar-refractivity contribution is 5.65. The van der Waals surface area contributed by atoms with E-state index in [4.69, 9.17) is 19.2 Å². The van der Waals surface area contributed by atoms with Crippen molar-refractivity contribution in [2.75, 3.05) is 6.61 Å². The van der Waals surface area contributed by atoms with Crippen molar-refractivity contribution in [3.05, 3.63) is 35.4 Å². The molecule has 1 saturated heterocycles. The number of carbonyl (C=O) groups is 1. The number of hydrogen-bond donors (Lipinski definition) is 0. The summed E-state index contributed by atoms with van der Waals surface area (Å²) in [4.78, 5) is 23.3. The normalized spacial score (nSPS) is 30.4. The van der Waals surface area contributed by atoms with E-state index in [2.05, 4.69) is 12.1 Å². The molecule has 3 aliphatic rings. The predicted molar refractivity (Wildman–Crippen MR) is 90.6 cm³/mol.